The number of amides is 1. The predicted octanol–water partition coefficient (Wildman–Crippen LogP) is 3.20. The van der Waals surface area contributed by atoms with Gasteiger partial charge in [-0.3, -0.25) is 4.79 Å². The minimum absolute atomic E-state index is 0.127. The number of ether oxygens (including phenoxy) is 1. The number of hydrogen-bond donors (Lipinski definition) is 0. The number of hydrogen-bond acceptors (Lipinski definition) is 5. The van der Waals surface area contributed by atoms with Gasteiger partial charge in [-0.2, -0.15) is 5.26 Å². The number of halogens is 1. The molecule has 0 N–H and O–H groups in total. The average Bonchev–Trinajstić information content (AvgIpc) is 2.65. The van der Waals surface area contributed by atoms with Gasteiger partial charge in [0.05, 0.1) is 17.0 Å². The monoisotopic (exact) mass is 374 g/mol. The van der Waals surface area contributed by atoms with E-state index in [9.17, 15) is 9.59 Å². The zero-order valence-electron chi connectivity index (χ0n) is 14.7. The van der Waals surface area contributed by atoms with Crippen LogP contribution in [0.15, 0.2) is 21.3 Å². The molecule has 1 saturated heterocycles. The lowest BCUT2D eigenvalue weighted by atomic mass is 10.00. The summed E-state index contributed by atoms with van der Waals surface area (Å²) in [6.07, 6.45) is 1.62. The lowest BCUT2D eigenvalue weighted by Gasteiger charge is -2.29. The smallest absolute Gasteiger partial charge is 0.339 e. The highest BCUT2D eigenvalue weighted by atomic mass is 35.5. The molecule has 1 unspecified atom stereocenters. The molecule has 1 aliphatic heterocycles. The third-order valence-corrected chi connectivity index (χ3v) is 5.11. The molecule has 0 aliphatic carbocycles. The maximum atomic E-state index is 12.3. The Morgan fingerprint density at radius 1 is 1.42 bits per heavy atom. The molecule has 1 aromatic carbocycles. The van der Waals surface area contributed by atoms with Gasteiger partial charge in [-0.15, -0.1) is 0 Å². The van der Waals surface area contributed by atoms with Gasteiger partial charge in [-0.1, -0.05) is 11.6 Å². The highest BCUT2D eigenvalue weighted by Gasteiger charge is 2.24. The van der Waals surface area contributed by atoms with Crippen LogP contribution in [-0.4, -0.2) is 30.5 Å². The second-order valence-corrected chi connectivity index (χ2v) is 6.92. The quantitative estimate of drug-likeness (QED) is 0.770. The molecule has 0 saturated carbocycles. The van der Waals surface area contributed by atoms with E-state index in [-0.39, 0.29) is 24.2 Å². The molecule has 2 heterocycles. The van der Waals surface area contributed by atoms with E-state index in [1.807, 2.05) is 6.92 Å². The molecule has 1 aromatic heterocycles. The fourth-order valence-corrected chi connectivity index (χ4v) is 3.31. The Hall–Kier alpha value is -2.52. The number of nitriles is 1. The van der Waals surface area contributed by atoms with E-state index in [2.05, 4.69) is 6.07 Å². The fourth-order valence-electron chi connectivity index (χ4n) is 3.09. The van der Waals surface area contributed by atoms with Crippen molar-refractivity contribution in [1.82, 2.24) is 4.90 Å². The van der Waals surface area contributed by atoms with E-state index in [0.717, 1.165) is 23.8 Å². The van der Waals surface area contributed by atoms with Crippen LogP contribution in [0, 0.1) is 31.1 Å². The van der Waals surface area contributed by atoms with Gasteiger partial charge in [0.1, 0.15) is 11.3 Å². The van der Waals surface area contributed by atoms with E-state index in [1.165, 1.54) is 6.07 Å². The molecule has 0 spiro atoms. The molecule has 2 aromatic rings. The zero-order valence-corrected chi connectivity index (χ0v) is 15.4. The second kappa shape index (κ2) is 7.38. The molecule has 6 nitrogen and oxygen atoms in total. The van der Waals surface area contributed by atoms with Gasteiger partial charge < -0.3 is 14.1 Å². The van der Waals surface area contributed by atoms with Crippen molar-refractivity contribution in [3.05, 3.63) is 38.7 Å². The standard InChI is InChI=1S/C19H19ClN2O4/c1-11-12(2)19(24)26-16-7-17(15(20)6-14(11)16)25-10-18(23)22-5-3-4-13(8-21)9-22/h6-7,13H,3-5,9-10H2,1-2H3. The summed E-state index contributed by atoms with van der Waals surface area (Å²) in [5, 5.41) is 10.1. The first-order chi connectivity index (χ1) is 12.4. The molecule has 1 fully saturated rings. The first-order valence-corrected chi connectivity index (χ1v) is 8.82. The van der Waals surface area contributed by atoms with Crippen molar-refractivity contribution in [3.63, 3.8) is 0 Å². The van der Waals surface area contributed by atoms with Crippen LogP contribution in [0.1, 0.15) is 24.0 Å². The third kappa shape index (κ3) is 3.54. The number of benzene rings is 1. The average molecular weight is 375 g/mol. The molecule has 0 bridgehead atoms. The topological polar surface area (TPSA) is 83.5 Å². The number of carbonyl (C=O) groups excluding carboxylic acids is 1. The van der Waals surface area contributed by atoms with Crippen molar-refractivity contribution in [2.45, 2.75) is 26.7 Å². The van der Waals surface area contributed by atoms with E-state index in [4.69, 9.17) is 26.0 Å². The van der Waals surface area contributed by atoms with E-state index >= 15 is 0 Å². The molecule has 1 aliphatic rings. The highest BCUT2D eigenvalue weighted by Crippen LogP contribution is 2.31. The molecule has 1 amide bonds. The van der Waals surface area contributed by atoms with Gasteiger partial charge in [-0.25, -0.2) is 4.79 Å². The van der Waals surface area contributed by atoms with Crippen molar-refractivity contribution in [1.29, 1.82) is 5.26 Å². The zero-order chi connectivity index (χ0) is 18.8. The van der Waals surface area contributed by atoms with Gasteiger partial charge in [0.15, 0.2) is 6.61 Å². The maximum Gasteiger partial charge on any atom is 0.339 e. The Bertz CT molecular complexity index is 961. The SMILES string of the molecule is Cc1c(C)c2cc(Cl)c(OCC(=O)N3CCCC(C#N)C3)cc2oc1=O. The van der Waals surface area contributed by atoms with E-state index < -0.39 is 5.63 Å². The first kappa shape index (κ1) is 18.3. The summed E-state index contributed by atoms with van der Waals surface area (Å²) in [5.41, 5.74) is 1.30. The summed E-state index contributed by atoms with van der Waals surface area (Å²) in [5.74, 6) is -0.0344. The first-order valence-electron chi connectivity index (χ1n) is 8.44. The van der Waals surface area contributed by atoms with Crippen LogP contribution in [0.4, 0.5) is 0 Å². The molecular formula is C19H19ClN2O4. The number of rotatable bonds is 3. The summed E-state index contributed by atoms with van der Waals surface area (Å²) in [6, 6.07) is 5.42. The fraction of sp³-hybridized carbons (Fsp3) is 0.421. The Morgan fingerprint density at radius 3 is 2.92 bits per heavy atom. The molecule has 7 heteroatoms. The molecule has 136 valence electrons. The normalized spacial score (nSPS) is 17.2. The lowest BCUT2D eigenvalue weighted by Crippen LogP contribution is -2.41. The summed E-state index contributed by atoms with van der Waals surface area (Å²) in [4.78, 5) is 25.8. The van der Waals surface area contributed by atoms with Crippen molar-refractivity contribution in [2.24, 2.45) is 5.92 Å². The largest absolute Gasteiger partial charge is 0.482 e. The molecule has 1 atom stereocenters. The van der Waals surface area contributed by atoms with Crippen LogP contribution in [-0.2, 0) is 4.79 Å². The van der Waals surface area contributed by atoms with Crippen molar-refractivity contribution >= 4 is 28.5 Å². The van der Waals surface area contributed by atoms with Crippen LogP contribution < -0.4 is 10.4 Å². The number of nitrogens with zero attached hydrogens (tertiary/aromatic N) is 2. The van der Waals surface area contributed by atoms with Crippen LogP contribution in [0.3, 0.4) is 0 Å². The summed E-state index contributed by atoms with van der Waals surface area (Å²) < 4.78 is 10.9. The van der Waals surface area contributed by atoms with Gasteiger partial charge in [0.2, 0.25) is 0 Å². The number of likely N-dealkylation sites (tertiary alicyclic amines) is 1. The van der Waals surface area contributed by atoms with Gasteiger partial charge in [0, 0.05) is 30.1 Å². The number of carbonyl (C=O) groups is 1. The van der Waals surface area contributed by atoms with Crippen molar-refractivity contribution in [2.75, 3.05) is 19.7 Å². The van der Waals surface area contributed by atoms with Crippen LogP contribution >= 0.6 is 11.6 Å². The van der Waals surface area contributed by atoms with Gasteiger partial charge >= 0.3 is 5.63 Å². The molecule has 26 heavy (non-hydrogen) atoms. The molecule has 3 rings (SSSR count). The Balaban J connectivity index is 1.78. The Labute approximate surface area is 155 Å². The Morgan fingerprint density at radius 2 is 2.19 bits per heavy atom. The number of fused-ring (bicyclic) bond motifs is 1. The predicted molar refractivity (Wildman–Crippen MR) is 97.4 cm³/mol. The van der Waals surface area contributed by atoms with Crippen molar-refractivity contribution in [3.8, 4) is 11.8 Å². The van der Waals surface area contributed by atoms with E-state index in [1.54, 1.807) is 17.9 Å². The van der Waals surface area contributed by atoms with E-state index in [0.29, 0.717) is 29.3 Å². The summed E-state index contributed by atoms with van der Waals surface area (Å²) in [6.45, 7) is 4.40. The second-order valence-electron chi connectivity index (χ2n) is 6.51. The summed E-state index contributed by atoms with van der Waals surface area (Å²) in [7, 11) is 0. The highest BCUT2D eigenvalue weighted by molar-refractivity contribution is 6.32. The number of piperidine rings is 1. The van der Waals surface area contributed by atoms with Crippen molar-refractivity contribution < 1.29 is 13.9 Å². The maximum absolute atomic E-state index is 12.3. The van der Waals surface area contributed by atoms with Crippen LogP contribution in [0.25, 0.3) is 11.0 Å². The van der Waals surface area contributed by atoms with Gasteiger partial charge in [0.25, 0.3) is 5.91 Å². The summed E-state index contributed by atoms with van der Waals surface area (Å²) >= 11 is 6.27. The minimum atomic E-state index is -0.407. The third-order valence-electron chi connectivity index (χ3n) is 4.82. The Kier molecular flexibility index (Phi) is 5.19. The van der Waals surface area contributed by atoms with Gasteiger partial charge in [-0.05, 0) is 38.3 Å². The number of aryl methyl sites for hydroxylation is 1. The minimum Gasteiger partial charge on any atom is -0.482 e. The van der Waals surface area contributed by atoms with Crippen LogP contribution in [0.5, 0.6) is 5.75 Å². The van der Waals surface area contributed by atoms with Crippen LogP contribution in [0.2, 0.25) is 5.02 Å². The lowest BCUT2D eigenvalue weighted by molar-refractivity contribution is -0.134. The molecule has 0 radical (unpaired) electrons. The molecular weight excluding hydrogens is 356 g/mol.